The zero-order chi connectivity index (χ0) is 39.1. The van der Waals surface area contributed by atoms with Gasteiger partial charge in [-0.1, -0.05) is 119 Å². The van der Waals surface area contributed by atoms with Crippen LogP contribution in [0.25, 0.3) is 55.4 Å². The van der Waals surface area contributed by atoms with E-state index in [0.717, 1.165) is 33.4 Å². The van der Waals surface area contributed by atoms with Gasteiger partial charge < -0.3 is 4.90 Å². The summed E-state index contributed by atoms with van der Waals surface area (Å²) in [5, 5.41) is 21.5. The number of hydrogen-bond donors (Lipinski definition) is 0. The molecule has 0 saturated heterocycles. The van der Waals surface area contributed by atoms with Crippen LogP contribution in [0.3, 0.4) is 0 Å². The third kappa shape index (κ3) is 5.15. The summed E-state index contributed by atoms with van der Waals surface area (Å²) in [5.74, 6) is 0. The molecule has 4 heteroatoms. The molecule has 4 nitrogen and oxygen atoms in total. The quantitative estimate of drug-likeness (QED) is 0.177. The van der Waals surface area contributed by atoms with Gasteiger partial charge >= 0.3 is 0 Å². The van der Waals surface area contributed by atoms with Crippen LogP contribution in [-0.4, -0.2) is 4.98 Å². The van der Waals surface area contributed by atoms with E-state index < -0.39 is 0 Å². The number of benzene rings is 7. The van der Waals surface area contributed by atoms with Crippen LogP contribution in [0.2, 0.25) is 0 Å². The number of aromatic nitrogens is 1. The monoisotopic (exact) mass is 730 g/mol. The molecule has 8 aromatic rings. The highest BCUT2D eigenvalue weighted by molar-refractivity contribution is 5.95. The Morgan fingerprint density at radius 1 is 0.491 bits per heavy atom. The van der Waals surface area contributed by atoms with Gasteiger partial charge in [0.1, 0.15) is 6.07 Å². The second-order valence-electron chi connectivity index (χ2n) is 16.2. The maximum Gasteiger partial charge on any atom is 0.101 e. The largest absolute Gasteiger partial charge is 0.309 e. The van der Waals surface area contributed by atoms with Crippen LogP contribution < -0.4 is 4.90 Å². The van der Waals surface area contributed by atoms with E-state index in [2.05, 4.69) is 171 Å². The van der Waals surface area contributed by atoms with Crippen LogP contribution in [-0.2, 0) is 10.8 Å². The van der Waals surface area contributed by atoms with Crippen molar-refractivity contribution in [2.24, 2.45) is 0 Å². The van der Waals surface area contributed by atoms with E-state index in [9.17, 15) is 10.5 Å². The first kappa shape index (κ1) is 34.2. The van der Waals surface area contributed by atoms with Gasteiger partial charge in [0.15, 0.2) is 0 Å². The molecule has 1 aromatic heterocycles. The third-order valence-electron chi connectivity index (χ3n) is 12.3. The number of anilines is 3. The lowest BCUT2D eigenvalue weighted by Gasteiger charge is -2.30. The van der Waals surface area contributed by atoms with Crippen LogP contribution in [0.15, 0.2) is 158 Å². The van der Waals surface area contributed by atoms with Crippen molar-refractivity contribution in [3.63, 3.8) is 0 Å². The Morgan fingerprint density at radius 2 is 1.07 bits per heavy atom. The van der Waals surface area contributed by atoms with Crippen molar-refractivity contribution in [2.75, 3.05) is 4.90 Å². The van der Waals surface area contributed by atoms with Crippen LogP contribution in [0, 0.1) is 22.7 Å². The molecule has 2 aliphatic carbocycles. The summed E-state index contributed by atoms with van der Waals surface area (Å²) in [7, 11) is 0. The summed E-state index contributed by atoms with van der Waals surface area (Å²) in [6.07, 6.45) is 1.81. The molecule has 0 spiro atoms. The second kappa shape index (κ2) is 12.6. The molecule has 0 saturated carbocycles. The van der Waals surface area contributed by atoms with E-state index in [-0.39, 0.29) is 10.8 Å². The Hall–Kier alpha value is -7.27. The number of fused-ring (bicyclic) bond motifs is 7. The fraction of sp³-hybridized carbons (Fsp3) is 0.113. The molecule has 0 fully saturated rings. The minimum Gasteiger partial charge on any atom is -0.309 e. The fourth-order valence-electron chi connectivity index (χ4n) is 9.75. The van der Waals surface area contributed by atoms with E-state index in [4.69, 9.17) is 0 Å². The molecule has 0 amide bonds. The van der Waals surface area contributed by atoms with Crippen molar-refractivity contribution in [1.82, 2.24) is 4.98 Å². The smallest absolute Gasteiger partial charge is 0.101 e. The lowest BCUT2D eigenvalue weighted by atomic mass is 9.77. The van der Waals surface area contributed by atoms with E-state index >= 15 is 0 Å². The van der Waals surface area contributed by atoms with E-state index in [1.54, 1.807) is 18.3 Å². The minimum atomic E-state index is -0.234. The van der Waals surface area contributed by atoms with Crippen LogP contribution in [0.5, 0.6) is 0 Å². The van der Waals surface area contributed by atoms with Gasteiger partial charge in [-0.3, -0.25) is 4.98 Å². The molecule has 0 N–H and O–H groups in total. The Morgan fingerprint density at radius 3 is 1.67 bits per heavy atom. The normalized spacial score (nSPS) is 13.9. The molecule has 0 aliphatic heterocycles. The molecule has 10 rings (SSSR count). The molecular formula is C53H38N4. The van der Waals surface area contributed by atoms with E-state index in [1.165, 1.54) is 55.6 Å². The van der Waals surface area contributed by atoms with Gasteiger partial charge in [-0.15, -0.1) is 0 Å². The molecule has 0 radical (unpaired) electrons. The first-order valence-electron chi connectivity index (χ1n) is 19.4. The average molecular weight is 731 g/mol. The summed E-state index contributed by atoms with van der Waals surface area (Å²) in [5.41, 5.74) is 18.6. The number of pyridine rings is 1. The van der Waals surface area contributed by atoms with Crippen molar-refractivity contribution in [3.05, 3.63) is 191 Å². The van der Waals surface area contributed by atoms with Crippen molar-refractivity contribution in [1.29, 1.82) is 10.5 Å². The Labute approximate surface area is 333 Å². The standard InChI is InChI=1S/C53H38N4/c1-52(2)46-19-7-5-13-42(46)44-17-9-15-40(50(44)52)35-27-36(41-16-10-18-45-43-14-6-8-20-47(43)53(3,4)51(41)45)30-39(29-35)57(49-24-21-33(31-54)26-37(49)32-55)38-22-23-48-34(28-38)12-11-25-56-48/h5-30H,1-4H3. The van der Waals surface area contributed by atoms with Crippen molar-refractivity contribution < 1.29 is 0 Å². The van der Waals surface area contributed by atoms with Gasteiger partial charge in [-0.25, -0.2) is 0 Å². The van der Waals surface area contributed by atoms with Crippen molar-refractivity contribution in [3.8, 4) is 56.6 Å². The molecule has 0 unspecified atom stereocenters. The predicted molar refractivity (Wildman–Crippen MR) is 232 cm³/mol. The average Bonchev–Trinajstić information content (AvgIpc) is 3.63. The first-order valence-corrected chi connectivity index (χ1v) is 19.4. The molecule has 270 valence electrons. The number of nitrogens with zero attached hydrogens (tertiary/aromatic N) is 4. The summed E-state index contributed by atoms with van der Waals surface area (Å²) in [6, 6.07) is 58.1. The zero-order valence-electron chi connectivity index (χ0n) is 32.3. The van der Waals surface area contributed by atoms with Gasteiger partial charge in [-0.2, -0.15) is 10.5 Å². The number of hydrogen-bond acceptors (Lipinski definition) is 4. The Balaban J connectivity index is 1.29. The molecule has 0 atom stereocenters. The molecule has 0 bridgehead atoms. The van der Waals surface area contributed by atoms with Gasteiger partial charge in [0.2, 0.25) is 0 Å². The SMILES string of the molecule is CC1(C)c2ccccc2-c2cccc(-c3cc(-c4cccc5c4C(C)(C)c4ccccc4-5)cc(N(c4ccc5ncccc5c4)c4ccc(C#N)cc4C#N)c3)c21. The third-order valence-corrected chi connectivity index (χ3v) is 12.3. The molecule has 2 aliphatic rings. The maximum atomic E-state index is 10.6. The minimum absolute atomic E-state index is 0.234. The van der Waals surface area contributed by atoms with Crippen LogP contribution in [0.1, 0.15) is 61.1 Å². The summed E-state index contributed by atoms with van der Waals surface area (Å²) in [6.45, 7) is 9.34. The second-order valence-corrected chi connectivity index (χ2v) is 16.2. The van der Waals surface area contributed by atoms with Crippen molar-refractivity contribution in [2.45, 2.75) is 38.5 Å². The van der Waals surface area contributed by atoms with Gasteiger partial charge in [0.05, 0.1) is 28.4 Å². The maximum absolute atomic E-state index is 10.6. The Kier molecular flexibility index (Phi) is 7.59. The zero-order valence-corrected chi connectivity index (χ0v) is 32.3. The molecule has 57 heavy (non-hydrogen) atoms. The highest BCUT2D eigenvalue weighted by Crippen LogP contribution is 2.55. The summed E-state index contributed by atoms with van der Waals surface area (Å²) < 4.78 is 0. The van der Waals surface area contributed by atoms with Gasteiger partial charge in [-0.05, 0) is 127 Å². The van der Waals surface area contributed by atoms with Gasteiger partial charge in [0, 0.05) is 33.8 Å². The lowest BCUT2D eigenvalue weighted by molar-refractivity contribution is 0.662. The predicted octanol–water partition coefficient (Wildman–Crippen LogP) is 13.4. The molecular weight excluding hydrogens is 693 g/mol. The van der Waals surface area contributed by atoms with E-state index in [0.29, 0.717) is 16.8 Å². The van der Waals surface area contributed by atoms with Crippen LogP contribution >= 0.6 is 0 Å². The highest BCUT2D eigenvalue weighted by Gasteiger charge is 2.39. The van der Waals surface area contributed by atoms with Crippen LogP contribution in [0.4, 0.5) is 17.1 Å². The highest BCUT2D eigenvalue weighted by atomic mass is 15.1. The topological polar surface area (TPSA) is 63.7 Å². The number of rotatable bonds is 5. The first-order chi connectivity index (χ1) is 27.7. The van der Waals surface area contributed by atoms with Crippen molar-refractivity contribution >= 4 is 28.0 Å². The number of nitriles is 2. The lowest BCUT2D eigenvalue weighted by Crippen LogP contribution is -2.17. The fourth-order valence-corrected chi connectivity index (χ4v) is 9.75. The van der Waals surface area contributed by atoms with E-state index in [1.807, 2.05) is 18.2 Å². The van der Waals surface area contributed by atoms with Gasteiger partial charge in [0.25, 0.3) is 0 Å². The molecule has 7 aromatic carbocycles. The molecule has 1 heterocycles. The Bertz CT molecular complexity index is 2940. The summed E-state index contributed by atoms with van der Waals surface area (Å²) in [4.78, 5) is 6.78. The summed E-state index contributed by atoms with van der Waals surface area (Å²) >= 11 is 0.